The summed E-state index contributed by atoms with van der Waals surface area (Å²) in [6.07, 6.45) is -0.503. The van der Waals surface area contributed by atoms with Crippen molar-refractivity contribution in [2.24, 2.45) is 5.73 Å². The molecule has 400 valence electrons. The zero-order valence-corrected chi connectivity index (χ0v) is 43.1. The van der Waals surface area contributed by atoms with Crippen molar-refractivity contribution in [3.05, 3.63) is 108 Å². The molecule has 5 rings (SSSR count). The van der Waals surface area contributed by atoms with Crippen LogP contribution in [0.1, 0.15) is 56.7 Å². The van der Waals surface area contributed by atoms with Crippen molar-refractivity contribution in [3.8, 4) is 0 Å². The zero-order chi connectivity index (χ0) is 53.7. The Balaban J connectivity index is 1.57. The fraction of sp³-hybridized carbons (Fsp3) is 0.451. The second-order valence-electron chi connectivity index (χ2n) is 18.2. The van der Waals surface area contributed by atoms with Crippen molar-refractivity contribution >= 4 is 79.7 Å². The lowest BCUT2D eigenvalue weighted by atomic mass is 10.0. The molecule has 0 saturated carbocycles. The molecule has 14 N–H and O–H groups in total. The van der Waals surface area contributed by atoms with Crippen molar-refractivity contribution in [1.82, 2.24) is 47.5 Å². The number of H-pyrrole nitrogens is 1. The van der Waals surface area contributed by atoms with Crippen LogP contribution in [0.4, 0.5) is 0 Å². The number of para-hydroxylation sites is 1. The van der Waals surface area contributed by atoms with Crippen LogP contribution in [0.5, 0.6) is 0 Å². The average molecular weight is 1060 g/mol. The van der Waals surface area contributed by atoms with E-state index in [0.717, 1.165) is 38.1 Å². The van der Waals surface area contributed by atoms with E-state index >= 15 is 0 Å². The van der Waals surface area contributed by atoms with Crippen LogP contribution < -0.4 is 48.3 Å². The van der Waals surface area contributed by atoms with Gasteiger partial charge in [0.25, 0.3) is 0 Å². The van der Waals surface area contributed by atoms with Gasteiger partial charge in [0.2, 0.25) is 47.3 Å². The van der Waals surface area contributed by atoms with Crippen molar-refractivity contribution in [2.45, 2.75) is 120 Å². The number of aliphatic hydroxyl groups excluding tert-OH is 3. The molecule has 1 aliphatic rings. The number of carbonyl (C=O) groups is 8. The fourth-order valence-corrected chi connectivity index (χ4v) is 10.3. The van der Waals surface area contributed by atoms with Gasteiger partial charge in [-0.15, -0.1) is 0 Å². The average Bonchev–Trinajstić information content (AvgIpc) is 3.78. The molecule has 10 atom stereocenters. The van der Waals surface area contributed by atoms with Gasteiger partial charge in [-0.3, -0.25) is 38.4 Å². The maximum atomic E-state index is 14.8. The topological polar surface area (TPSA) is 335 Å². The van der Waals surface area contributed by atoms with Crippen molar-refractivity contribution in [2.75, 3.05) is 24.7 Å². The maximum Gasteiger partial charge on any atom is 0.245 e. The van der Waals surface area contributed by atoms with Gasteiger partial charge in [-0.1, -0.05) is 100 Å². The molecule has 21 nitrogen and oxygen atoms in total. The number of carbonyl (C=O) groups excluding carboxylic acids is 8. The fourth-order valence-electron chi connectivity index (χ4n) is 7.97. The van der Waals surface area contributed by atoms with Gasteiger partial charge in [0.05, 0.1) is 30.9 Å². The van der Waals surface area contributed by atoms with Gasteiger partial charge in [0.1, 0.15) is 36.3 Å². The summed E-state index contributed by atoms with van der Waals surface area (Å²) in [4.78, 5) is 115. The Morgan fingerprint density at radius 3 is 1.96 bits per heavy atom. The predicted molar refractivity (Wildman–Crippen MR) is 282 cm³/mol. The maximum absolute atomic E-state index is 14.8. The summed E-state index contributed by atoms with van der Waals surface area (Å²) in [6.45, 7) is 3.52. The monoisotopic (exact) mass is 1060 g/mol. The summed E-state index contributed by atoms with van der Waals surface area (Å²) in [5.74, 6) is -6.47. The van der Waals surface area contributed by atoms with Crippen molar-refractivity contribution < 1.29 is 53.7 Å². The number of nitrogens with one attached hydrogen (secondary N) is 9. The summed E-state index contributed by atoms with van der Waals surface area (Å²) in [6, 6.07) is 14.3. The first-order valence-corrected chi connectivity index (χ1v) is 26.9. The van der Waals surface area contributed by atoms with E-state index in [0.29, 0.717) is 17.5 Å². The Labute approximate surface area is 437 Å². The number of aliphatic hydroxyl groups is 3. The highest BCUT2D eigenvalue weighted by molar-refractivity contribution is 8.76. The van der Waals surface area contributed by atoms with E-state index in [1.807, 2.05) is 30.3 Å². The normalized spacial score (nSPS) is 22.3. The molecule has 8 amide bonds. The van der Waals surface area contributed by atoms with Crippen LogP contribution >= 0.6 is 21.6 Å². The van der Waals surface area contributed by atoms with Crippen molar-refractivity contribution in [3.63, 3.8) is 0 Å². The quantitative estimate of drug-likeness (QED) is 0.0436. The van der Waals surface area contributed by atoms with E-state index in [1.165, 1.54) is 20.8 Å². The number of rotatable bonds is 18. The first kappa shape index (κ1) is 58.4. The number of nitrogens with two attached hydrogens (primary N) is 1. The molecule has 1 aromatic heterocycles. The number of fused-ring (bicyclic) bond motifs is 1. The van der Waals surface area contributed by atoms with Gasteiger partial charge in [0.15, 0.2) is 0 Å². The SMILES string of the molecule is CC(=O)NCCCC[C@@H]1NC(=O)[C@@H](Cc2c[nH]c3ccccc23)NC(=O)C(Cc2ccccc2)NC(=O)[C@@H](NC(=O)[C@H](N)Cc2ccccc2)CSSCC(C(=O)N[C@H](CO)[C@@H](C)O)NC(=O)C([C@@H](C)O)NC1=O. The number of hydrogen-bond acceptors (Lipinski definition) is 14. The van der Waals surface area contributed by atoms with Crippen LogP contribution in [0.15, 0.2) is 91.1 Å². The second-order valence-corrected chi connectivity index (χ2v) is 20.7. The molecule has 0 aliphatic carbocycles. The van der Waals surface area contributed by atoms with Crippen LogP contribution in [0, 0.1) is 0 Å². The van der Waals surface area contributed by atoms with Crippen molar-refractivity contribution in [1.29, 1.82) is 0 Å². The predicted octanol–water partition coefficient (Wildman–Crippen LogP) is -0.628. The molecule has 3 unspecified atom stereocenters. The van der Waals surface area contributed by atoms with Gasteiger partial charge in [0, 0.05) is 54.9 Å². The van der Waals surface area contributed by atoms with Gasteiger partial charge in [-0.05, 0) is 62.3 Å². The molecule has 23 heteroatoms. The minimum atomic E-state index is -1.70. The third-order valence-electron chi connectivity index (χ3n) is 12.2. The van der Waals surface area contributed by atoms with E-state index in [-0.39, 0.29) is 56.1 Å². The Morgan fingerprint density at radius 2 is 1.31 bits per heavy atom. The first-order chi connectivity index (χ1) is 35.4. The highest BCUT2D eigenvalue weighted by Crippen LogP contribution is 2.24. The Bertz CT molecular complexity index is 2520. The van der Waals surface area contributed by atoms with Gasteiger partial charge in [-0.2, -0.15) is 0 Å². The Morgan fingerprint density at radius 1 is 0.716 bits per heavy atom. The van der Waals surface area contributed by atoms with Crippen LogP contribution in [0.3, 0.4) is 0 Å². The molecule has 74 heavy (non-hydrogen) atoms. The van der Waals surface area contributed by atoms with E-state index < -0.39 is 108 Å². The zero-order valence-electron chi connectivity index (χ0n) is 41.5. The van der Waals surface area contributed by atoms with E-state index in [9.17, 15) is 53.7 Å². The summed E-state index contributed by atoms with van der Waals surface area (Å²) in [5.41, 5.74) is 9.16. The number of benzene rings is 3. The molecule has 0 bridgehead atoms. The number of unbranched alkanes of at least 4 members (excludes halogenated alkanes) is 1. The standard InChI is InChI=1S/C51H68N10O11S2/c1-29(63)41(26-62)58-50(71)43-28-74-73-27-42(59-45(66)36(52)22-32-14-6-4-7-15-32)49(70)56-39(23-33-16-8-5-9-17-33)47(68)57-40(24-34-25-54-37-19-11-10-18-35(34)37)48(69)55-38(20-12-13-21-53-31(3)65)46(67)61-44(30(2)64)51(72)60-43/h4-11,14-19,25,29-30,36,38-44,54,62-64H,12-13,20-24,26-28,52H2,1-3H3,(H,53,65)(H,55,69)(H,56,70)(H,57,68)(H,58,71)(H,59,66)(H,60,72)(H,61,67)/t29-,30-,36-,38+,39?,40-,41-,42+,43?,44?/m1/s1. The molecule has 1 saturated heterocycles. The third-order valence-corrected chi connectivity index (χ3v) is 14.6. The molecule has 1 fully saturated rings. The van der Waals surface area contributed by atoms with E-state index in [4.69, 9.17) is 5.73 Å². The van der Waals surface area contributed by atoms with Crippen LogP contribution in [-0.4, -0.2) is 153 Å². The first-order valence-electron chi connectivity index (χ1n) is 24.4. The number of hydrogen-bond donors (Lipinski definition) is 13. The summed E-state index contributed by atoms with van der Waals surface area (Å²) < 4.78 is 0. The lowest BCUT2D eigenvalue weighted by Gasteiger charge is -2.29. The molecular formula is C51H68N10O11S2. The second kappa shape index (κ2) is 29.4. The summed E-state index contributed by atoms with van der Waals surface area (Å²) in [7, 11) is 2.04. The molecule has 4 aromatic rings. The van der Waals surface area contributed by atoms with Gasteiger partial charge in [-0.25, -0.2) is 0 Å². The lowest BCUT2D eigenvalue weighted by Crippen LogP contribution is -2.62. The Kier molecular flexibility index (Phi) is 23.2. The van der Waals surface area contributed by atoms with Gasteiger partial charge >= 0.3 is 0 Å². The summed E-state index contributed by atoms with van der Waals surface area (Å²) >= 11 is 0. The minimum Gasteiger partial charge on any atom is -0.394 e. The van der Waals surface area contributed by atoms with E-state index in [2.05, 4.69) is 47.5 Å². The number of aromatic amines is 1. The third kappa shape index (κ3) is 18.2. The molecular weight excluding hydrogens is 993 g/mol. The largest absolute Gasteiger partial charge is 0.394 e. The molecule has 1 aliphatic heterocycles. The van der Waals surface area contributed by atoms with Gasteiger partial charge < -0.3 is 68.6 Å². The molecule has 0 spiro atoms. The molecule has 0 radical (unpaired) electrons. The van der Waals surface area contributed by atoms with Crippen LogP contribution in [-0.2, 0) is 57.6 Å². The van der Waals surface area contributed by atoms with Crippen LogP contribution in [0.25, 0.3) is 10.9 Å². The van der Waals surface area contributed by atoms with E-state index in [1.54, 1.807) is 60.8 Å². The number of aromatic nitrogens is 1. The summed E-state index contributed by atoms with van der Waals surface area (Å²) in [5, 5.41) is 53.2. The smallest absolute Gasteiger partial charge is 0.245 e. The highest BCUT2D eigenvalue weighted by Gasteiger charge is 2.36. The minimum absolute atomic E-state index is 0.0331. The highest BCUT2D eigenvalue weighted by atomic mass is 33.1. The van der Waals surface area contributed by atoms with Crippen LogP contribution in [0.2, 0.25) is 0 Å². The number of amides is 8. The molecule has 2 heterocycles. The lowest BCUT2D eigenvalue weighted by molar-refractivity contribution is -0.136. The Hall–Kier alpha value is -6.50. The molecule has 3 aromatic carbocycles.